The molecule has 1 amide bonds. The van der Waals surface area contributed by atoms with Crippen LogP contribution in [0.25, 0.3) is 10.8 Å². The minimum Gasteiger partial charge on any atom is -0.497 e. The van der Waals surface area contributed by atoms with Gasteiger partial charge in [0.2, 0.25) is 5.91 Å². The first-order valence-corrected chi connectivity index (χ1v) is 8.67. The topological polar surface area (TPSA) is 47.6 Å². The number of aryl methyl sites for hydroxylation is 1. The van der Waals surface area contributed by atoms with Crippen molar-refractivity contribution < 1.29 is 14.3 Å². The van der Waals surface area contributed by atoms with Crippen molar-refractivity contribution in [1.29, 1.82) is 0 Å². The fourth-order valence-electron chi connectivity index (χ4n) is 2.77. The number of benzene rings is 3. The SMILES string of the molecule is COc1ccc2cc(CNC(=O)CCOc3cccc(C)c3)ccc2c1. The molecule has 0 aromatic heterocycles. The first-order valence-electron chi connectivity index (χ1n) is 8.67. The zero-order chi connectivity index (χ0) is 18.4. The van der Waals surface area contributed by atoms with E-state index < -0.39 is 0 Å². The van der Waals surface area contributed by atoms with E-state index in [9.17, 15) is 4.79 Å². The maximum absolute atomic E-state index is 12.0. The van der Waals surface area contributed by atoms with E-state index in [1.54, 1.807) is 7.11 Å². The molecule has 134 valence electrons. The van der Waals surface area contributed by atoms with Gasteiger partial charge in [0.15, 0.2) is 0 Å². The van der Waals surface area contributed by atoms with Gasteiger partial charge in [-0.1, -0.05) is 30.3 Å². The molecular formula is C22H23NO3. The van der Waals surface area contributed by atoms with Crippen molar-refractivity contribution in [2.24, 2.45) is 0 Å². The molecule has 4 heteroatoms. The first-order chi connectivity index (χ1) is 12.6. The number of ether oxygens (including phenoxy) is 2. The third kappa shape index (κ3) is 4.76. The lowest BCUT2D eigenvalue weighted by molar-refractivity contribution is -0.121. The van der Waals surface area contributed by atoms with Crippen LogP contribution in [0.5, 0.6) is 11.5 Å². The van der Waals surface area contributed by atoms with Crippen LogP contribution in [0.15, 0.2) is 60.7 Å². The summed E-state index contributed by atoms with van der Waals surface area (Å²) >= 11 is 0. The summed E-state index contributed by atoms with van der Waals surface area (Å²) in [6.07, 6.45) is 0.332. The second-order valence-corrected chi connectivity index (χ2v) is 6.24. The molecular weight excluding hydrogens is 326 g/mol. The molecule has 0 radical (unpaired) electrons. The number of hydrogen-bond donors (Lipinski definition) is 1. The largest absolute Gasteiger partial charge is 0.497 e. The lowest BCUT2D eigenvalue weighted by Crippen LogP contribution is -2.24. The molecule has 3 rings (SSSR count). The summed E-state index contributed by atoms with van der Waals surface area (Å²) in [6, 6.07) is 19.9. The van der Waals surface area contributed by atoms with E-state index in [0.29, 0.717) is 19.6 Å². The van der Waals surface area contributed by atoms with Crippen LogP contribution in [0.1, 0.15) is 17.5 Å². The Balaban J connectivity index is 1.48. The highest BCUT2D eigenvalue weighted by molar-refractivity contribution is 5.84. The Morgan fingerprint density at radius 2 is 1.77 bits per heavy atom. The maximum atomic E-state index is 12.0. The zero-order valence-electron chi connectivity index (χ0n) is 15.1. The molecule has 1 N–H and O–H groups in total. The van der Waals surface area contributed by atoms with Crippen molar-refractivity contribution in [3.8, 4) is 11.5 Å². The summed E-state index contributed by atoms with van der Waals surface area (Å²) in [5.74, 6) is 1.61. The van der Waals surface area contributed by atoms with E-state index >= 15 is 0 Å². The van der Waals surface area contributed by atoms with E-state index in [-0.39, 0.29) is 5.91 Å². The van der Waals surface area contributed by atoms with Crippen LogP contribution < -0.4 is 14.8 Å². The lowest BCUT2D eigenvalue weighted by Gasteiger charge is -2.09. The van der Waals surface area contributed by atoms with Gasteiger partial charge >= 0.3 is 0 Å². The quantitative estimate of drug-likeness (QED) is 0.694. The van der Waals surface area contributed by atoms with E-state index in [1.807, 2.05) is 61.5 Å². The van der Waals surface area contributed by atoms with Crippen LogP contribution in [0.2, 0.25) is 0 Å². The normalized spacial score (nSPS) is 10.5. The molecule has 4 nitrogen and oxygen atoms in total. The molecule has 0 heterocycles. The predicted octanol–water partition coefficient (Wildman–Crippen LogP) is 4.24. The van der Waals surface area contributed by atoms with Crippen molar-refractivity contribution in [3.05, 3.63) is 71.8 Å². The third-order valence-electron chi connectivity index (χ3n) is 4.19. The molecule has 0 saturated heterocycles. The molecule has 3 aromatic carbocycles. The van der Waals surface area contributed by atoms with E-state index in [1.165, 1.54) is 0 Å². The van der Waals surface area contributed by atoms with Gasteiger partial charge in [0, 0.05) is 6.54 Å². The monoisotopic (exact) mass is 349 g/mol. The minimum atomic E-state index is -0.0209. The van der Waals surface area contributed by atoms with Crippen molar-refractivity contribution >= 4 is 16.7 Å². The summed E-state index contributed by atoms with van der Waals surface area (Å²) in [6.45, 7) is 2.89. The second-order valence-electron chi connectivity index (χ2n) is 6.24. The Morgan fingerprint density at radius 3 is 2.58 bits per heavy atom. The number of carbonyl (C=O) groups is 1. The molecule has 26 heavy (non-hydrogen) atoms. The highest BCUT2D eigenvalue weighted by Gasteiger charge is 2.04. The Labute approximate surface area is 153 Å². The Hall–Kier alpha value is -3.01. The summed E-state index contributed by atoms with van der Waals surface area (Å²) in [7, 11) is 1.66. The highest BCUT2D eigenvalue weighted by Crippen LogP contribution is 2.21. The summed E-state index contributed by atoms with van der Waals surface area (Å²) in [5, 5.41) is 5.18. The van der Waals surface area contributed by atoms with Gasteiger partial charge < -0.3 is 14.8 Å². The van der Waals surface area contributed by atoms with Crippen LogP contribution in [0, 0.1) is 6.92 Å². The van der Waals surface area contributed by atoms with Crippen LogP contribution in [-0.4, -0.2) is 19.6 Å². The maximum Gasteiger partial charge on any atom is 0.223 e. The molecule has 0 unspecified atom stereocenters. The number of hydrogen-bond acceptors (Lipinski definition) is 3. The Bertz CT molecular complexity index is 905. The molecule has 0 bridgehead atoms. The number of fused-ring (bicyclic) bond motifs is 1. The fraction of sp³-hybridized carbons (Fsp3) is 0.227. The van der Waals surface area contributed by atoms with Crippen molar-refractivity contribution in [3.63, 3.8) is 0 Å². The Morgan fingerprint density at radius 1 is 0.962 bits per heavy atom. The molecule has 0 aliphatic carbocycles. The van der Waals surface area contributed by atoms with E-state index in [2.05, 4.69) is 11.4 Å². The molecule has 0 spiro atoms. The van der Waals surface area contributed by atoms with Crippen molar-refractivity contribution in [1.82, 2.24) is 5.32 Å². The average molecular weight is 349 g/mol. The number of carbonyl (C=O) groups excluding carboxylic acids is 1. The van der Waals surface area contributed by atoms with Crippen molar-refractivity contribution in [2.45, 2.75) is 19.9 Å². The summed E-state index contributed by atoms with van der Waals surface area (Å²) in [4.78, 5) is 12.0. The Kier molecular flexibility index (Phi) is 5.74. The summed E-state index contributed by atoms with van der Waals surface area (Å²) in [5.41, 5.74) is 2.21. The minimum absolute atomic E-state index is 0.0209. The average Bonchev–Trinajstić information content (AvgIpc) is 2.66. The molecule has 0 atom stereocenters. The molecule has 0 fully saturated rings. The second kappa shape index (κ2) is 8.39. The van der Waals surface area contributed by atoms with Gasteiger partial charge in [-0.3, -0.25) is 4.79 Å². The molecule has 3 aromatic rings. The number of rotatable bonds is 7. The zero-order valence-corrected chi connectivity index (χ0v) is 15.1. The van der Waals surface area contributed by atoms with Crippen LogP contribution >= 0.6 is 0 Å². The number of amides is 1. The number of methoxy groups -OCH3 is 1. The van der Waals surface area contributed by atoms with Crippen LogP contribution in [0.3, 0.4) is 0 Å². The van der Waals surface area contributed by atoms with Crippen LogP contribution in [-0.2, 0) is 11.3 Å². The standard InChI is InChI=1S/C22H23NO3/c1-16-4-3-5-21(12-16)26-11-10-22(24)23-15-17-6-7-19-14-20(25-2)9-8-18(19)13-17/h3-9,12-14H,10-11,15H2,1-2H3,(H,23,24). The molecule has 0 aliphatic heterocycles. The molecule has 0 saturated carbocycles. The predicted molar refractivity (Wildman–Crippen MR) is 104 cm³/mol. The number of nitrogens with one attached hydrogen (secondary N) is 1. The smallest absolute Gasteiger partial charge is 0.223 e. The van der Waals surface area contributed by atoms with Gasteiger partial charge in [-0.15, -0.1) is 0 Å². The lowest BCUT2D eigenvalue weighted by atomic mass is 10.1. The van der Waals surface area contributed by atoms with Gasteiger partial charge in [-0.25, -0.2) is 0 Å². The van der Waals surface area contributed by atoms with Crippen LogP contribution in [0.4, 0.5) is 0 Å². The summed E-state index contributed by atoms with van der Waals surface area (Å²) < 4.78 is 10.9. The van der Waals surface area contributed by atoms with Gasteiger partial charge in [0.25, 0.3) is 0 Å². The third-order valence-corrected chi connectivity index (χ3v) is 4.19. The first kappa shape index (κ1) is 17.8. The van der Waals surface area contributed by atoms with Gasteiger partial charge in [-0.05, 0) is 59.2 Å². The molecule has 0 aliphatic rings. The van der Waals surface area contributed by atoms with E-state index in [0.717, 1.165) is 33.4 Å². The highest BCUT2D eigenvalue weighted by atomic mass is 16.5. The van der Waals surface area contributed by atoms with Gasteiger partial charge in [0.05, 0.1) is 20.1 Å². The van der Waals surface area contributed by atoms with E-state index in [4.69, 9.17) is 9.47 Å². The van der Waals surface area contributed by atoms with Gasteiger partial charge in [-0.2, -0.15) is 0 Å². The fourth-order valence-corrected chi connectivity index (χ4v) is 2.77. The van der Waals surface area contributed by atoms with Crippen molar-refractivity contribution in [2.75, 3.05) is 13.7 Å². The van der Waals surface area contributed by atoms with Gasteiger partial charge in [0.1, 0.15) is 11.5 Å².